The fourth-order valence-corrected chi connectivity index (χ4v) is 4.94. The number of nitrogens with one attached hydrogen (secondary N) is 1. The number of hydrogen-bond donors (Lipinski definition) is 1. The summed E-state index contributed by atoms with van der Waals surface area (Å²) < 4.78 is 35.8. The molecule has 1 saturated heterocycles. The van der Waals surface area contributed by atoms with E-state index in [1.54, 1.807) is 48.6 Å². The van der Waals surface area contributed by atoms with Gasteiger partial charge in [0.25, 0.3) is 15.9 Å². The Kier molecular flexibility index (Phi) is 5.50. The van der Waals surface area contributed by atoms with Gasteiger partial charge in [0, 0.05) is 36.5 Å². The molecule has 1 aliphatic rings. The number of carbonyl (C=O) groups is 1. The highest BCUT2D eigenvalue weighted by Crippen LogP contribution is 2.30. The second-order valence-electron chi connectivity index (χ2n) is 6.45. The van der Waals surface area contributed by atoms with Crippen LogP contribution in [0.5, 0.6) is 0 Å². The Hall–Kier alpha value is -2.03. The number of halogens is 1. The van der Waals surface area contributed by atoms with E-state index < -0.39 is 10.0 Å². The van der Waals surface area contributed by atoms with Crippen LogP contribution in [0.25, 0.3) is 0 Å². The van der Waals surface area contributed by atoms with Crippen molar-refractivity contribution in [2.45, 2.75) is 18.7 Å². The lowest BCUT2D eigenvalue weighted by Crippen LogP contribution is -2.41. The van der Waals surface area contributed by atoms with Crippen LogP contribution in [0.2, 0.25) is 5.02 Å². The van der Waals surface area contributed by atoms with E-state index in [2.05, 4.69) is 4.72 Å². The summed E-state index contributed by atoms with van der Waals surface area (Å²) in [5.41, 5.74) is 1.65. The van der Waals surface area contributed by atoms with E-state index >= 15 is 0 Å². The zero-order chi connectivity index (χ0) is 19.8. The third-order valence-electron chi connectivity index (χ3n) is 4.78. The molecule has 2 aromatic rings. The Morgan fingerprint density at radius 2 is 1.85 bits per heavy atom. The first-order valence-corrected chi connectivity index (χ1v) is 10.4. The van der Waals surface area contributed by atoms with Gasteiger partial charge in [-0.3, -0.25) is 9.52 Å². The van der Waals surface area contributed by atoms with E-state index in [-0.39, 0.29) is 16.4 Å². The lowest BCUT2D eigenvalue weighted by atomic mass is 10.2. The maximum atomic E-state index is 13.1. The number of sulfonamides is 1. The zero-order valence-corrected chi connectivity index (χ0v) is 17.0. The molecule has 0 radical (unpaired) electrons. The number of rotatable bonds is 4. The van der Waals surface area contributed by atoms with Gasteiger partial charge in [0.15, 0.2) is 0 Å². The Balaban J connectivity index is 2.06. The zero-order valence-electron chi connectivity index (χ0n) is 15.5. The van der Waals surface area contributed by atoms with Crippen LogP contribution in [0.4, 0.5) is 5.69 Å². The summed E-state index contributed by atoms with van der Waals surface area (Å²) in [5.74, 6) is -0.300. The van der Waals surface area contributed by atoms with Gasteiger partial charge in [-0.1, -0.05) is 17.7 Å². The number of morpholine rings is 1. The molecule has 0 spiro atoms. The van der Waals surface area contributed by atoms with Crippen molar-refractivity contribution in [2.75, 3.05) is 31.0 Å². The third kappa shape index (κ3) is 3.83. The van der Waals surface area contributed by atoms with Gasteiger partial charge < -0.3 is 14.2 Å². The van der Waals surface area contributed by atoms with Gasteiger partial charge in [0.1, 0.15) is 4.90 Å². The van der Waals surface area contributed by atoms with E-state index in [0.717, 1.165) is 0 Å². The van der Waals surface area contributed by atoms with Crippen molar-refractivity contribution in [2.24, 2.45) is 7.05 Å². The number of anilines is 1. The summed E-state index contributed by atoms with van der Waals surface area (Å²) >= 11 is 5.95. The van der Waals surface area contributed by atoms with Gasteiger partial charge in [0.05, 0.1) is 24.5 Å². The van der Waals surface area contributed by atoms with E-state index in [0.29, 0.717) is 48.4 Å². The minimum atomic E-state index is -3.98. The third-order valence-corrected chi connectivity index (χ3v) is 6.56. The normalized spacial score (nSPS) is 15.0. The van der Waals surface area contributed by atoms with Crippen molar-refractivity contribution in [3.63, 3.8) is 0 Å². The van der Waals surface area contributed by atoms with Crippen molar-refractivity contribution < 1.29 is 17.9 Å². The molecule has 1 aromatic carbocycles. The molecule has 1 amide bonds. The Morgan fingerprint density at radius 1 is 1.19 bits per heavy atom. The summed E-state index contributed by atoms with van der Waals surface area (Å²) in [5, 5.41) is 0.417. The van der Waals surface area contributed by atoms with Gasteiger partial charge in [-0.25, -0.2) is 8.42 Å². The molecular formula is C18H22ClN3O4S. The Bertz CT molecular complexity index is 979. The second kappa shape index (κ2) is 7.53. The molecule has 1 N–H and O–H groups in total. The number of ether oxygens (including phenoxy) is 1. The molecule has 3 rings (SSSR count). The molecule has 27 heavy (non-hydrogen) atoms. The van der Waals surface area contributed by atoms with Gasteiger partial charge in [-0.15, -0.1) is 0 Å². The van der Waals surface area contributed by atoms with E-state index in [4.69, 9.17) is 16.3 Å². The number of carbonyl (C=O) groups excluding carboxylic acids is 1. The van der Waals surface area contributed by atoms with Crippen molar-refractivity contribution in [1.82, 2.24) is 9.47 Å². The summed E-state index contributed by atoms with van der Waals surface area (Å²) in [6.45, 7) is 5.20. The van der Waals surface area contributed by atoms with Crippen LogP contribution in [-0.4, -0.2) is 50.1 Å². The summed E-state index contributed by atoms with van der Waals surface area (Å²) in [4.78, 5) is 14.7. The number of hydrogen-bond acceptors (Lipinski definition) is 4. The molecule has 9 heteroatoms. The van der Waals surface area contributed by atoms with E-state index in [1.807, 2.05) is 0 Å². The first-order valence-electron chi connectivity index (χ1n) is 8.53. The highest BCUT2D eigenvalue weighted by molar-refractivity contribution is 7.92. The molecule has 2 heterocycles. The first-order chi connectivity index (χ1) is 12.7. The minimum absolute atomic E-state index is 0.000956. The van der Waals surface area contributed by atoms with E-state index in [1.165, 1.54) is 6.07 Å². The van der Waals surface area contributed by atoms with Crippen LogP contribution in [0.15, 0.2) is 29.2 Å². The molecule has 1 fully saturated rings. The summed E-state index contributed by atoms with van der Waals surface area (Å²) in [7, 11) is -2.24. The average molecular weight is 412 g/mol. The molecule has 0 bridgehead atoms. The van der Waals surface area contributed by atoms with Gasteiger partial charge >= 0.3 is 0 Å². The Morgan fingerprint density at radius 3 is 2.48 bits per heavy atom. The second-order valence-corrected chi connectivity index (χ2v) is 8.51. The molecule has 146 valence electrons. The smallest absolute Gasteiger partial charge is 0.264 e. The first kappa shape index (κ1) is 19.7. The lowest BCUT2D eigenvalue weighted by Gasteiger charge is -2.27. The average Bonchev–Trinajstić information content (AvgIpc) is 2.86. The molecule has 0 aliphatic carbocycles. The number of nitrogens with zero attached hydrogens (tertiary/aromatic N) is 2. The van der Waals surface area contributed by atoms with Crippen LogP contribution in [0.3, 0.4) is 0 Å². The quantitative estimate of drug-likeness (QED) is 0.838. The fourth-order valence-electron chi connectivity index (χ4n) is 3.18. The van der Waals surface area contributed by atoms with Crippen LogP contribution in [0, 0.1) is 13.8 Å². The van der Waals surface area contributed by atoms with Crippen molar-refractivity contribution >= 4 is 33.2 Å². The van der Waals surface area contributed by atoms with Crippen LogP contribution >= 0.6 is 11.6 Å². The number of aromatic nitrogens is 1. The summed E-state index contributed by atoms with van der Waals surface area (Å²) in [6.07, 6.45) is 0. The fraction of sp³-hybridized carbons (Fsp3) is 0.389. The van der Waals surface area contributed by atoms with Crippen LogP contribution in [-0.2, 0) is 21.8 Å². The van der Waals surface area contributed by atoms with E-state index in [9.17, 15) is 13.2 Å². The maximum absolute atomic E-state index is 13.1. The summed E-state index contributed by atoms with van der Waals surface area (Å²) in [6, 6.07) is 6.44. The number of benzene rings is 1. The highest BCUT2D eigenvalue weighted by Gasteiger charge is 2.33. The predicted molar refractivity (Wildman–Crippen MR) is 104 cm³/mol. The molecule has 0 saturated carbocycles. The predicted octanol–water partition coefficient (Wildman–Crippen LogP) is 2.57. The highest BCUT2D eigenvalue weighted by atomic mass is 35.5. The van der Waals surface area contributed by atoms with Crippen molar-refractivity contribution in [3.8, 4) is 0 Å². The molecule has 0 atom stereocenters. The van der Waals surface area contributed by atoms with Gasteiger partial charge in [-0.2, -0.15) is 0 Å². The molecule has 1 aliphatic heterocycles. The SMILES string of the molecule is Cc1c(C(=O)N2CCOCC2)c(S(=O)(=O)Nc2cccc(Cl)c2)c(C)n1C. The molecule has 0 unspecified atom stereocenters. The monoisotopic (exact) mass is 411 g/mol. The number of amides is 1. The lowest BCUT2D eigenvalue weighted by molar-refractivity contribution is 0.0300. The van der Waals surface area contributed by atoms with Crippen LogP contribution in [0.1, 0.15) is 21.7 Å². The minimum Gasteiger partial charge on any atom is -0.378 e. The van der Waals surface area contributed by atoms with Crippen molar-refractivity contribution in [1.29, 1.82) is 0 Å². The van der Waals surface area contributed by atoms with Crippen molar-refractivity contribution in [3.05, 3.63) is 46.2 Å². The largest absolute Gasteiger partial charge is 0.378 e. The molecule has 7 nitrogen and oxygen atoms in total. The van der Waals surface area contributed by atoms with Gasteiger partial charge in [-0.05, 0) is 32.0 Å². The Labute approximate surface area is 163 Å². The molecule has 1 aromatic heterocycles. The van der Waals surface area contributed by atoms with Crippen LogP contribution < -0.4 is 4.72 Å². The standard InChI is InChI=1S/C18H22ClN3O4S/c1-12-16(18(23)22-7-9-26-10-8-22)17(13(2)21(12)3)27(24,25)20-15-6-4-5-14(19)11-15/h4-6,11,20H,7-10H2,1-3H3. The maximum Gasteiger partial charge on any atom is 0.264 e. The topological polar surface area (TPSA) is 80.6 Å². The van der Waals surface area contributed by atoms with Gasteiger partial charge in [0.2, 0.25) is 0 Å². The molecular weight excluding hydrogens is 390 g/mol.